The number of aromatic hydroxyl groups is 1. The van der Waals surface area contributed by atoms with Gasteiger partial charge in [0.15, 0.2) is 6.29 Å². The maximum Gasteiger partial charge on any atom is 0.153 e. The lowest BCUT2D eigenvalue weighted by Crippen LogP contribution is -2.01. The highest BCUT2D eigenvalue weighted by molar-refractivity contribution is 6.17. The van der Waals surface area contributed by atoms with E-state index in [1.54, 1.807) is 12.1 Å². The number of anilines is 1. The van der Waals surface area contributed by atoms with Crippen molar-refractivity contribution < 1.29 is 9.90 Å². The number of halogens is 1. The van der Waals surface area contributed by atoms with Crippen molar-refractivity contribution in [2.45, 2.75) is 6.42 Å². The Hall–Kier alpha value is -1.22. The van der Waals surface area contributed by atoms with E-state index >= 15 is 0 Å². The van der Waals surface area contributed by atoms with Crippen LogP contribution in [0.5, 0.6) is 5.75 Å². The first kappa shape index (κ1) is 10.9. The molecule has 0 saturated carbocycles. The fourth-order valence-electron chi connectivity index (χ4n) is 1.05. The van der Waals surface area contributed by atoms with Gasteiger partial charge in [-0.2, -0.15) is 0 Å². The van der Waals surface area contributed by atoms with Gasteiger partial charge in [0, 0.05) is 24.2 Å². The van der Waals surface area contributed by atoms with Gasteiger partial charge in [-0.15, -0.1) is 11.6 Å². The van der Waals surface area contributed by atoms with Crippen molar-refractivity contribution in [2.75, 3.05) is 17.7 Å². The molecule has 14 heavy (non-hydrogen) atoms. The first-order valence-corrected chi connectivity index (χ1v) is 4.89. The summed E-state index contributed by atoms with van der Waals surface area (Å²) in [6.45, 7) is 0.753. The minimum absolute atomic E-state index is 0.00382. The van der Waals surface area contributed by atoms with Gasteiger partial charge in [-0.1, -0.05) is 0 Å². The van der Waals surface area contributed by atoms with Crippen LogP contribution in [0.25, 0.3) is 0 Å². The predicted molar refractivity (Wildman–Crippen MR) is 57.3 cm³/mol. The van der Waals surface area contributed by atoms with Crippen molar-refractivity contribution in [1.29, 1.82) is 0 Å². The van der Waals surface area contributed by atoms with Gasteiger partial charge in [-0.05, 0) is 18.6 Å². The molecule has 0 bridgehead atoms. The van der Waals surface area contributed by atoms with Crippen LogP contribution >= 0.6 is 11.6 Å². The van der Waals surface area contributed by atoms with Gasteiger partial charge in [0.25, 0.3) is 0 Å². The molecule has 3 nitrogen and oxygen atoms in total. The van der Waals surface area contributed by atoms with E-state index in [0.29, 0.717) is 17.7 Å². The molecule has 0 aliphatic rings. The summed E-state index contributed by atoms with van der Waals surface area (Å²) in [4.78, 5) is 10.4. The maximum atomic E-state index is 10.4. The summed E-state index contributed by atoms with van der Waals surface area (Å²) in [5.41, 5.74) is 1.09. The first-order chi connectivity index (χ1) is 6.77. The Bertz CT molecular complexity index is 315. The lowest BCUT2D eigenvalue weighted by Gasteiger charge is -2.06. The molecule has 1 rings (SSSR count). The predicted octanol–water partition coefficient (Wildman–Crippen LogP) is 2.25. The van der Waals surface area contributed by atoms with Crippen LogP contribution in [0.15, 0.2) is 18.2 Å². The molecule has 0 radical (unpaired) electrons. The summed E-state index contributed by atoms with van der Waals surface area (Å²) in [7, 11) is 0. The summed E-state index contributed by atoms with van der Waals surface area (Å²) in [6, 6.07) is 4.85. The summed E-state index contributed by atoms with van der Waals surface area (Å²) < 4.78 is 0. The molecule has 0 heterocycles. The molecule has 0 saturated heterocycles. The maximum absolute atomic E-state index is 10.4. The van der Waals surface area contributed by atoms with E-state index in [2.05, 4.69) is 5.32 Å². The second-order valence-corrected chi connectivity index (χ2v) is 3.24. The number of carbonyl (C=O) groups is 1. The van der Waals surface area contributed by atoms with E-state index in [1.165, 1.54) is 6.07 Å². The third-order valence-electron chi connectivity index (χ3n) is 1.80. The van der Waals surface area contributed by atoms with Crippen molar-refractivity contribution in [3.63, 3.8) is 0 Å². The number of hydrogen-bond donors (Lipinski definition) is 2. The molecule has 0 aliphatic heterocycles. The van der Waals surface area contributed by atoms with E-state index in [-0.39, 0.29) is 5.75 Å². The van der Waals surface area contributed by atoms with Crippen LogP contribution in [0, 0.1) is 0 Å². The molecular formula is C10H12ClNO2. The van der Waals surface area contributed by atoms with Crippen LogP contribution in [0.4, 0.5) is 5.69 Å². The van der Waals surface area contributed by atoms with Crippen molar-refractivity contribution in [3.05, 3.63) is 23.8 Å². The highest BCUT2D eigenvalue weighted by Crippen LogP contribution is 2.20. The smallest absolute Gasteiger partial charge is 0.153 e. The molecule has 0 atom stereocenters. The SMILES string of the molecule is O=Cc1ccc(NCCCCl)cc1O. The number of benzene rings is 1. The Morgan fingerprint density at radius 1 is 1.50 bits per heavy atom. The van der Waals surface area contributed by atoms with Crippen molar-refractivity contribution in [3.8, 4) is 5.75 Å². The summed E-state index contributed by atoms with van der Waals surface area (Å²) >= 11 is 5.51. The highest BCUT2D eigenvalue weighted by Gasteiger charge is 2.00. The number of hydrogen-bond acceptors (Lipinski definition) is 3. The normalized spacial score (nSPS) is 9.79. The molecule has 0 unspecified atom stereocenters. The topological polar surface area (TPSA) is 49.3 Å². The monoisotopic (exact) mass is 213 g/mol. The third kappa shape index (κ3) is 2.92. The van der Waals surface area contributed by atoms with E-state index < -0.39 is 0 Å². The zero-order valence-electron chi connectivity index (χ0n) is 7.66. The minimum Gasteiger partial charge on any atom is -0.507 e. The molecule has 0 amide bonds. The highest BCUT2D eigenvalue weighted by atomic mass is 35.5. The molecular weight excluding hydrogens is 202 g/mol. The number of phenols is 1. The number of alkyl halides is 1. The average Bonchev–Trinajstić information content (AvgIpc) is 2.18. The molecule has 1 aromatic carbocycles. The second-order valence-electron chi connectivity index (χ2n) is 2.86. The third-order valence-corrected chi connectivity index (χ3v) is 2.06. The molecule has 2 N–H and O–H groups in total. The Balaban J connectivity index is 2.62. The second kappa shape index (κ2) is 5.50. The number of nitrogens with one attached hydrogen (secondary N) is 1. The number of phenolic OH excluding ortho intramolecular Hbond substituents is 1. The van der Waals surface area contributed by atoms with Crippen molar-refractivity contribution >= 4 is 23.6 Å². The van der Waals surface area contributed by atoms with E-state index in [4.69, 9.17) is 11.6 Å². The molecule has 1 aromatic rings. The molecule has 0 aliphatic carbocycles. The summed E-state index contributed by atoms with van der Waals surface area (Å²) in [5.74, 6) is 0.599. The van der Waals surface area contributed by atoms with E-state index in [0.717, 1.165) is 18.7 Å². The minimum atomic E-state index is -0.00382. The van der Waals surface area contributed by atoms with Crippen LogP contribution in [-0.4, -0.2) is 23.8 Å². The fraction of sp³-hybridized carbons (Fsp3) is 0.300. The Kier molecular flexibility index (Phi) is 4.26. The number of aldehydes is 1. The Morgan fingerprint density at radius 2 is 2.29 bits per heavy atom. The molecule has 76 valence electrons. The largest absolute Gasteiger partial charge is 0.507 e. The van der Waals surface area contributed by atoms with Gasteiger partial charge in [0.1, 0.15) is 5.75 Å². The van der Waals surface area contributed by atoms with Gasteiger partial charge in [0.2, 0.25) is 0 Å². The van der Waals surface area contributed by atoms with Crippen molar-refractivity contribution in [1.82, 2.24) is 0 Å². The van der Waals surface area contributed by atoms with Gasteiger partial charge in [0.05, 0.1) is 5.56 Å². The fourth-order valence-corrected chi connectivity index (χ4v) is 1.19. The van der Waals surface area contributed by atoms with E-state index in [1.807, 2.05) is 0 Å². The Morgan fingerprint density at radius 3 is 2.86 bits per heavy atom. The zero-order chi connectivity index (χ0) is 10.4. The number of rotatable bonds is 5. The van der Waals surface area contributed by atoms with Crippen molar-refractivity contribution in [2.24, 2.45) is 0 Å². The average molecular weight is 214 g/mol. The standard InChI is InChI=1S/C10H12ClNO2/c11-4-1-5-12-9-3-2-8(7-13)10(14)6-9/h2-3,6-7,12,14H,1,4-5H2. The molecule has 0 fully saturated rings. The van der Waals surface area contributed by atoms with Crippen LogP contribution in [-0.2, 0) is 0 Å². The number of carbonyl (C=O) groups excluding carboxylic acids is 1. The summed E-state index contributed by atoms with van der Waals surface area (Å²) in [5, 5.41) is 12.4. The van der Waals surface area contributed by atoms with Crippen LogP contribution in [0.1, 0.15) is 16.8 Å². The van der Waals surface area contributed by atoms with Crippen LogP contribution in [0.2, 0.25) is 0 Å². The van der Waals surface area contributed by atoms with Gasteiger partial charge in [-0.25, -0.2) is 0 Å². The molecule has 4 heteroatoms. The van der Waals surface area contributed by atoms with Gasteiger partial charge in [-0.3, -0.25) is 4.79 Å². The summed E-state index contributed by atoms with van der Waals surface area (Å²) in [6.07, 6.45) is 1.48. The lowest BCUT2D eigenvalue weighted by atomic mass is 10.2. The van der Waals surface area contributed by atoms with E-state index in [9.17, 15) is 9.90 Å². The molecule has 0 spiro atoms. The lowest BCUT2D eigenvalue weighted by molar-refractivity contribution is 0.112. The van der Waals surface area contributed by atoms with Crippen LogP contribution in [0.3, 0.4) is 0 Å². The quantitative estimate of drug-likeness (QED) is 0.448. The van der Waals surface area contributed by atoms with Gasteiger partial charge < -0.3 is 10.4 Å². The van der Waals surface area contributed by atoms with Crippen LogP contribution < -0.4 is 5.32 Å². The Labute approximate surface area is 87.7 Å². The van der Waals surface area contributed by atoms with Gasteiger partial charge >= 0.3 is 0 Å². The first-order valence-electron chi connectivity index (χ1n) is 4.36. The zero-order valence-corrected chi connectivity index (χ0v) is 8.42. The molecule has 0 aromatic heterocycles.